The number of nitrogens with zero attached hydrogens (tertiary/aromatic N) is 5. The maximum atomic E-state index is 15.3. The second-order valence-corrected chi connectivity index (χ2v) is 9.96. The summed E-state index contributed by atoms with van der Waals surface area (Å²) in [5.41, 5.74) is 3.68. The normalized spacial score (nSPS) is 20.4. The Morgan fingerprint density at radius 2 is 1.83 bits per heavy atom. The molecular formula is C28H33F2N5. The van der Waals surface area contributed by atoms with E-state index in [1.165, 1.54) is 17.8 Å². The van der Waals surface area contributed by atoms with Gasteiger partial charge < -0.3 is 9.80 Å². The fraction of sp³-hybridized carbons (Fsp3) is 0.464. The molecule has 0 atom stereocenters. The summed E-state index contributed by atoms with van der Waals surface area (Å²) < 4.78 is 30.3. The molecule has 0 bridgehead atoms. The van der Waals surface area contributed by atoms with Gasteiger partial charge in [-0.05, 0) is 88.0 Å². The van der Waals surface area contributed by atoms with Gasteiger partial charge in [-0.25, -0.2) is 13.8 Å². The van der Waals surface area contributed by atoms with E-state index in [-0.39, 0.29) is 17.8 Å². The number of halogens is 2. The molecule has 0 spiro atoms. The number of aromatic nitrogens is 1. The third-order valence-electron chi connectivity index (χ3n) is 8.16. The number of allylic oxidation sites excluding steroid dienone is 1. The topological polar surface area (TPSA) is 44.1 Å². The van der Waals surface area contributed by atoms with Gasteiger partial charge in [-0.15, -0.1) is 0 Å². The molecule has 0 radical (unpaired) electrons. The highest BCUT2D eigenvalue weighted by molar-refractivity contribution is 6.13. The molecule has 1 aromatic carbocycles. The lowest BCUT2D eigenvalue weighted by Gasteiger charge is -2.29. The van der Waals surface area contributed by atoms with Gasteiger partial charge in [-0.2, -0.15) is 0 Å². The summed E-state index contributed by atoms with van der Waals surface area (Å²) in [7, 11) is 2.15. The summed E-state index contributed by atoms with van der Waals surface area (Å²) in [6.45, 7) is 8.54. The number of anilines is 1. The number of piperidine rings is 1. The molecule has 1 fully saturated rings. The van der Waals surface area contributed by atoms with Crippen molar-refractivity contribution in [2.24, 2.45) is 9.98 Å². The van der Waals surface area contributed by atoms with E-state index in [1.807, 2.05) is 25.3 Å². The highest BCUT2D eigenvalue weighted by atomic mass is 19.1. The Morgan fingerprint density at radius 1 is 1.09 bits per heavy atom. The number of rotatable bonds is 5. The Bertz CT molecular complexity index is 1200. The van der Waals surface area contributed by atoms with Crippen LogP contribution in [0.1, 0.15) is 69.1 Å². The number of likely N-dealkylation sites (tertiary alicyclic amines) is 1. The zero-order valence-electron chi connectivity index (χ0n) is 21.0. The van der Waals surface area contributed by atoms with Crippen molar-refractivity contribution in [2.45, 2.75) is 57.8 Å². The molecule has 35 heavy (non-hydrogen) atoms. The largest absolute Gasteiger partial charge is 0.310 e. The molecule has 5 rings (SSSR count). The van der Waals surface area contributed by atoms with E-state index in [9.17, 15) is 0 Å². The van der Waals surface area contributed by atoms with E-state index in [2.05, 4.69) is 46.8 Å². The molecule has 0 N–H and O–H groups in total. The molecule has 1 aromatic heterocycles. The SMILES string of the molecule is CCC1(CC)C(C)=Nc2c(F)cc(C3=NCN(c4ccc(C5CCN(C)CC5)cn4)C=C3F)cc21. The smallest absolute Gasteiger partial charge is 0.165 e. The third kappa shape index (κ3) is 4.10. The fourth-order valence-electron chi connectivity index (χ4n) is 5.81. The molecule has 0 amide bonds. The average Bonchev–Trinajstić information content (AvgIpc) is 3.16. The number of pyridine rings is 1. The van der Waals surface area contributed by atoms with Crippen molar-refractivity contribution in [1.29, 1.82) is 0 Å². The molecule has 0 unspecified atom stereocenters. The molecule has 3 aliphatic heterocycles. The first-order valence-corrected chi connectivity index (χ1v) is 12.6. The van der Waals surface area contributed by atoms with E-state index < -0.39 is 11.6 Å². The molecule has 5 nitrogen and oxygen atoms in total. The van der Waals surface area contributed by atoms with Crippen LogP contribution in [0.3, 0.4) is 0 Å². The summed E-state index contributed by atoms with van der Waals surface area (Å²) in [5, 5.41) is 0. The Labute approximate surface area is 206 Å². The van der Waals surface area contributed by atoms with Gasteiger partial charge >= 0.3 is 0 Å². The minimum Gasteiger partial charge on any atom is -0.310 e. The second kappa shape index (κ2) is 9.26. The molecule has 2 aromatic rings. The molecule has 4 heterocycles. The van der Waals surface area contributed by atoms with E-state index in [4.69, 9.17) is 0 Å². The lowest BCUT2D eigenvalue weighted by molar-refractivity contribution is 0.255. The highest BCUT2D eigenvalue weighted by Crippen LogP contribution is 2.46. The van der Waals surface area contributed by atoms with Crippen LogP contribution in [0, 0.1) is 5.82 Å². The summed E-state index contributed by atoms with van der Waals surface area (Å²) >= 11 is 0. The van der Waals surface area contributed by atoms with E-state index in [0.717, 1.165) is 50.0 Å². The second-order valence-electron chi connectivity index (χ2n) is 9.96. The molecule has 0 aliphatic carbocycles. The number of aliphatic imine (C=N–C) groups is 2. The Kier molecular flexibility index (Phi) is 6.30. The first kappa shape index (κ1) is 23.8. The predicted molar refractivity (Wildman–Crippen MR) is 138 cm³/mol. The van der Waals surface area contributed by atoms with Gasteiger partial charge in [0.2, 0.25) is 0 Å². The van der Waals surface area contributed by atoms with Crippen molar-refractivity contribution in [3.8, 4) is 0 Å². The van der Waals surface area contributed by atoms with Crippen molar-refractivity contribution < 1.29 is 8.78 Å². The zero-order chi connectivity index (χ0) is 24.7. The quantitative estimate of drug-likeness (QED) is 0.510. The van der Waals surface area contributed by atoms with E-state index in [1.54, 1.807) is 4.90 Å². The number of hydrogen-bond donors (Lipinski definition) is 0. The molecule has 1 saturated heterocycles. The predicted octanol–water partition coefficient (Wildman–Crippen LogP) is 6.27. The molecular weight excluding hydrogens is 444 g/mol. The van der Waals surface area contributed by atoms with Crippen LogP contribution in [0.25, 0.3) is 0 Å². The lowest BCUT2D eigenvalue weighted by Crippen LogP contribution is -2.30. The third-order valence-corrected chi connectivity index (χ3v) is 8.16. The van der Waals surface area contributed by atoms with Crippen LogP contribution in [-0.4, -0.2) is 48.1 Å². The van der Waals surface area contributed by atoms with Crippen LogP contribution >= 0.6 is 0 Å². The van der Waals surface area contributed by atoms with Crippen molar-refractivity contribution in [3.63, 3.8) is 0 Å². The van der Waals surface area contributed by atoms with Crippen molar-refractivity contribution in [1.82, 2.24) is 9.88 Å². The average molecular weight is 478 g/mol. The standard InChI is InChI=1S/C28H33F2N5/c1-5-28(6-2)18(3)33-27-22(28)13-21(14-23(27)29)26-24(30)16-35(17-32-26)25-8-7-20(15-31-25)19-9-11-34(4)12-10-19/h7-8,13-16,19H,5-6,9-12,17H2,1-4H3. The van der Waals surface area contributed by atoms with Crippen molar-refractivity contribution in [3.05, 3.63) is 65.0 Å². The van der Waals surface area contributed by atoms with Crippen LogP contribution in [0.2, 0.25) is 0 Å². The number of benzene rings is 1. The number of hydrogen-bond acceptors (Lipinski definition) is 5. The zero-order valence-corrected chi connectivity index (χ0v) is 21.0. The monoisotopic (exact) mass is 477 g/mol. The summed E-state index contributed by atoms with van der Waals surface area (Å²) in [6, 6.07) is 7.26. The van der Waals surface area contributed by atoms with Crippen LogP contribution < -0.4 is 4.90 Å². The van der Waals surface area contributed by atoms with Gasteiger partial charge in [0.1, 0.15) is 29.7 Å². The Morgan fingerprint density at radius 3 is 2.46 bits per heavy atom. The number of fused-ring (bicyclic) bond motifs is 1. The van der Waals surface area contributed by atoms with Gasteiger partial charge in [0, 0.05) is 29.1 Å². The minimum absolute atomic E-state index is 0.177. The fourth-order valence-corrected chi connectivity index (χ4v) is 5.81. The maximum absolute atomic E-state index is 15.3. The van der Waals surface area contributed by atoms with Crippen molar-refractivity contribution >= 4 is 22.9 Å². The molecule has 7 heteroatoms. The van der Waals surface area contributed by atoms with Gasteiger partial charge in [-0.1, -0.05) is 19.9 Å². The van der Waals surface area contributed by atoms with Gasteiger partial charge in [0.05, 0.1) is 0 Å². The minimum atomic E-state index is -0.494. The maximum Gasteiger partial charge on any atom is 0.165 e. The Hall–Kier alpha value is -2.93. The van der Waals surface area contributed by atoms with Crippen LogP contribution in [0.4, 0.5) is 20.3 Å². The van der Waals surface area contributed by atoms with Gasteiger partial charge in [0.15, 0.2) is 5.83 Å². The van der Waals surface area contributed by atoms with Gasteiger partial charge in [-0.3, -0.25) is 9.98 Å². The Balaban J connectivity index is 1.37. The molecule has 0 saturated carbocycles. The van der Waals surface area contributed by atoms with Crippen LogP contribution in [0.5, 0.6) is 0 Å². The summed E-state index contributed by atoms with van der Waals surface area (Å²) in [4.78, 5) is 17.7. The highest BCUT2D eigenvalue weighted by Gasteiger charge is 2.40. The van der Waals surface area contributed by atoms with Gasteiger partial charge in [0.25, 0.3) is 0 Å². The van der Waals surface area contributed by atoms with Crippen LogP contribution in [-0.2, 0) is 5.41 Å². The van der Waals surface area contributed by atoms with E-state index in [0.29, 0.717) is 23.0 Å². The first-order valence-electron chi connectivity index (χ1n) is 12.6. The van der Waals surface area contributed by atoms with Crippen LogP contribution in [0.15, 0.2) is 52.5 Å². The first-order chi connectivity index (χ1) is 16.9. The van der Waals surface area contributed by atoms with E-state index >= 15 is 8.78 Å². The summed E-state index contributed by atoms with van der Waals surface area (Å²) in [6.07, 6.45) is 7.20. The molecule has 184 valence electrons. The lowest BCUT2D eigenvalue weighted by atomic mass is 9.73. The molecule has 3 aliphatic rings. The summed E-state index contributed by atoms with van der Waals surface area (Å²) in [5.74, 6) is 0.252. The van der Waals surface area contributed by atoms with Crippen molar-refractivity contribution in [2.75, 3.05) is 31.7 Å².